The molecule has 0 amide bonds. The zero-order valence-electron chi connectivity index (χ0n) is 12.5. The average molecular weight is 343 g/mol. The van der Waals surface area contributed by atoms with Gasteiger partial charge in [-0.1, -0.05) is 23.9 Å². The fourth-order valence-corrected chi connectivity index (χ4v) is 3.06. The highest BCUT2D eigenvalue weighted by molar-refractivity contribution is 8.00. The van der Waals surface area contributed by atoms with Crippen molar-refractivity contribution in [2.45, 2.75) is 17.3 Å². The van der Waals surface area contributed by atoms with Crippen LogP contribution in [0.2, 0.25) is 0 Å². The molecule has 0 saturated carbocycles. The third-order valence-electron chi connectivity index (χ3n) is 3.36. The van der Waals surface area contributed by atoms with Crippen LogP contribution in [0, 0.1) is 23.0 Å². The Morgan fingerprint density at radius 3 is 2.71 bits per heavy atom. The van der Waals surface area contributed by atoms with Gasteiger partial charge >= 0.3 is 0 Å². The van der Waals surface area contributed by atoms with Gasteiger partial charge in [0.15, 0.2) is 5.16 Å². The van der Waals surface area contributed by atoms with Gasteiger partial charge in [-0.25, -0.2) is 13.8 Å². The standard InChI is InChI=1S/C17H11F2N3OS/c1-10(9-20)24-17-21-14-5-3-2-4-12(14)16(23)22(17)15-7-6-11(18)8-13(15)19/h2-8,10H,1H3. The zero-order valence-corrected chi connectivity index (χ0v) is 13.3. The van der Waals surface area contributed by atoms with Crippen molar-refractivity contribution in [3.63, 3.8) is 0 Å². The van der Waals surface area contributed by atoms with E-state index in [0.29, 0.717) is 17.0 Å². The van der Waals surface area contributed by atoms with Gasteiger partial charge in [-0.2, -0.15) is 5.26 Å². The molecule has 3 aromatic rings. The van der Waals surface area contributed by atoms with Crippen molar-refractivity contribution in [2.75, 3.05) is 0 Å². The fourth-order valence-electron chi connectivity index (χ4n) is 2.25. The number of rotatable bonds is 3. The quantitative estimate of drug-likeness (QED) is 0.538. The van der Waals surface area contributed by atoms with E-state index in [-0.39, 0.29) is 10.8 Å². The molecule has 0 aliphatic heterocycles. The number of halogens is 2. The van der Waals surface area contributed by atoms with E-state index in [9.17, 15) is 13.6 Å². The van der Waals surface area contributed by atoms with Crippen LogP contribution in [0.4, 0.5) is 8.78 Å². The Bertz CT molecular complexity index is 1030. The monoisotopic (exact) mass is 343 g/mol. The van der Waals surface area contributed by atoms with Crippen LogP contribution >= 0.6 is 11.8 Å². The number of thioether (sulfide) groups is 1. The number of benzene rings is 2. The van der Waals surface area contributed by atoms with Gasteiger partial charge in [0.25, 0.3) is 5.56 Å². The summed E-state index contributed by atoms with van der Waals surface area (Å²) in [7, 11) is 0. The van der Waals surface area contributed by atoms with E-state index in [1.54, 1.807) is 31.2 Å². The number of para-hydroxylation sites is 1. The molecule has 24 heavy (non-hydrogen) atoms. The molecule has 1 unspecified atom stereocenters. The molecule has 4 nitrogen and oxygen atoms in total. The number of hydrogen-bond acceptors (Lipinski definition) is 4. The summed E-state index contributed by atoms with van der Waals surface area (Å²) >= 11 is 1.04. The summed E-state index contributed by atoms with van der Waals surface area (Å²) in [5.74, 6) is -1.61. The number of aromatic nitrogens is 2. The second kappa shape index (κ2) is 6.42. The van der Waals surface area contributed by atoms with Gasteiger partial charge in [-0.05, 0) is 31.2 Å². The van der Waals surface area contributed by atoms with Crippen molar-refractivity contribution >= 4 is 22.7 Å². The lowest BCUT2D eigenvalue weighted by molar-refractivity contribution is 0.572. The van der Waals surface area contributed by atoms with Crippen molar-refractivity contribution in [1.82, 2.24) is 9.55 Å². The summed E-state index contributed by atoms with van der Waals surface area (Å²) in [6, 6.07) is 11.7. The summed E-state index contributed by atoms with van der Waals surface area (Å²) in [5.41, 5.74) is -0.125. The predicted octanol–water partition coefficient (Wildman–Crippen LogP) is 3.67. The first-order valence-electron chi connectivity index (χ1n) is 7.04. The Hall–Kier alpha value is -2.72. The molecule has 0 saturated heterocycles. The second-order valence-electron chi connectivity index (χ2n) is 5.04. The highest BCUT2D eigenvalue weighted by Gasteiger charge is 2.18. The molecule has 0 fully saturated rings. The van der Waals surface area contributed by atoms with Crippen LogP contribution in [-0.4, -0.2) is 14.8 Å². The Morgan fingerprint density at radius 1 is 1.25 bits per heavy atom. The zero-order chi connectivity index (χ0) is 17.3. The molecule has 0 N–H and O–H groups in total. The first-order valence-corrected chi connectivity index (χ1v) is 7.92. The van der Waals surface area contributed by atoms with E-state index in [0.717, 1.165) is 22.4 Å². The largest absolute Gasteiger partial charge is 0.268 e. The van der Waals surface area contributed by atoms with Gasteiger partial charge in [0.2, 0.25) is 0 Å². The highest BCUT2D eigenvalue weighted by atomic mass is 32.2. The van der Waals surface area contributed by atoms with E-state index in [2.05, 4.69) is 4.98 Å². The highest BCUT2D eigenvalue weighted by Crippen LogP contribution is 2.25. The van der Waals surface area contributed by atoms with Gasteiger partial charge in [0, 0.05) is 6.07 Å². The summed E-state index contributed by atoms with van der Waals surface area (Å²) in [6.45, 7) is 1.65. The molecule has 0 aliphatic rings. The lowest BCUT2D eigenvalue weighted by atomic mass is 10.2. The molecule has 120 valence electrons. The van der Waals surface area contributed by atoms with Gasteiger partial charge in [-0.15, -0.1) is 0 Å². The smallest absolute Gasteiger partial charge is 0.266 e. The average Bonchev–Trinajstić information content (AvgIpc) is 2.56. The normalized spacial score (nSPS) is 12.1. The fraction of sp³-hybridized carbons (Fsp3) is 0.118. The van der Waals surface area contributed by atoms with Crippen LogP contribution in [0.1, 0.15) is 6.92 Å². The van der Waals surface area contributed by atoms with Crippen molar-refractivity contribution in [1.29, 1.82) is 5.26 Å². The van der Waals surface area contributed by atoms with Gasteiger partial charge in [-0.3, -0.25) is 9.36 Å². The lowest BCUT2D eigenvalue weighted by Gasteiger charge is -2.14. The molecule has 0 aliphatic carbocycles. The number of fused-ring (bicyclic) bond motifs is 1. The summed E-state index contributed by atoms with van der Waals surface area (Å²) in [4.78, 5) is 17.2. The minimum absolute atomic E-state index is 0.104. The molecule has 3 rings (SSSR count). The molecule has 0 bridgehead atoms. The SMILES string of the molecule is CC(C#N)Sc1nc2ccccc2c(=O)n1-c1ccc(F)cc1F. The van der Waals surface area contributed by atoms with Crippen LogP contribution in [0.3, 0.4) is 0 Å². The van der Waals surface area contributed by atoms with Gasteiger partial charge < -0.3 is 0 Å². The number of nitriles is 1. The minimum Gasteiger partial charge on any atom is -0.268 e. The number of nitrogens with zero attached hydrogens (tertiary/aromatic N) is 3. The van der Waals surface area contributed by atoms with Gasteiger partial charge in [0.1, 0.15) is 11.6 Å². The van der Waals surface area contributed by atoms with Gasteiger partial charge in [0.05, 0.1) is 27.9 Å². The van der Waals surface area contributed by atoms with Crippen molar-refractivity contribution in [3.8, 4) is 11.8 Å². The first-order chi connectivity index (χ1) is 11.5. The number of hydrogen-bond donors (Lipinski definition) is 0. The molecule has 0 radical (unpaired) electrons. The first kappa shape index (κ1) is 16.1. The van der Waals surface area contributed by atoms with Crippen LogP contribution in [0.15, 0.2) is 52.4 Å². The second-order valence-corrected chi connectivity index (χ2v) is 6.34. The van der Waals surface area contributed by atoms with Crippen LogP contribution < -0.4 is 5.56 Å². The summed E-state index contributed by atoms with van der Waals surface area (Å²) in [6.07, 6.45) is 0. The topological polar surface area (TPSA) is 58.7 Å². The van der Waals surface area contributed by atoms with Crippen LogP contribution in [0.5, 0.6) is 0 Å². The maximum atomic E-state index is 14.2. The third-order valence-corrected chi connectivity index (χ3v) is 4.30. The maximum Gasteiger partial charge on any atom is 0.266 e. The van der Waals surface area contributed by atoms with E-state index in [1.807, 2.05) is 6.07 Å². The van der Waals surface area contributed by atoms with Crippen molar-refractivity contribution in [2.24, 2.45) is 0 Å². The Morgan fingerprint density at radius 2 is 2.00 bits per heavy atom. The maximum absolute atomic E-state index is 14.2. The molecular weight excluding hydrogens is 332 g/mol. The predicted molar refractivity (Wildman–Crippen MR) is 88.2 cm³/mol. The van der Waals surface area contributed by atoms with Crippen molar-refractivity contribution < 1.29 is 8.78 Å². The summed E-state index contributed by atoms with van der Waals surface area (Å²) in [5, 5.41) is 9.02. The Labute approximate surface area is 140 Å². The van der Waals surface area contributed by atoms with E-state index in [1.165, 1.54) is 6.07 Å². The molecule has 7 heteroatoms. The van der Waals surface area contributed by atoms with E-state index < -0.39 is 22.4 Å². The minimum atomic E-state index is -0.874. The lowest BCUT2D eigenvalue weighted by Crippen LogP contribution is -2.23. The molecule has 1 atom stereocenters. The Kier molecular flexibility index (Phi) is 4.32. The van der Waals surface area contributed by atoms with Crippen LogP contribution in [-0.2, 0) is 0 Å². The van der Waals surface area contributed by atoms with Crippen LogP contribution in [0.25, 0.3) is 16.6 Å². The van der Waals surface area contributed by atoms with E-state index in [4.69, 9.17) is 5.26 Å². The molecule has 2 aromatic carbocycles. The molecule has 1 heterocycles. The van der Waals surface area contributed by atoms with Crippen molar-refractivity contribution in [3.05, 3.63) is 64.5 Å². The molecule has 1 aromatic heterocycles. The molecular formula is C17H11F2N3OS. The molecule has 0 spiro atoms. The summed E-state index contributed by atoms with van der Waals surface area (Å²) < 4.78 is 28.5. The Balaban J connectivity index is 2.35. The third kappa shape index (κ3) is 2.88. The van der Waals surface area contributed by atoms with E-state index >= 15 is 0 Å².